The molecular formula is C7H6BrN5S. The van der Waals surface area contributed by atoms with Crippen molar-refractivity contribution in [3.05, 3.63) is 23.3 Å². The number of aromatic nitrogens is 5. The van der Waals surface area contributed by atoms with E-state index in [0.29, 0.717) is 0 Å². The molecule has 0 saturated carbocycles. The molecule has 2 aromatic rings. The van der Waals surface area contributed by atoms with Crippen LogP contribution in [0.4, 0.5) is 0 Å². The third kappa shape index (κ3) is 1.93. The molecule has 0 amide bonds. The second kappa shape index (κ2) is 4.05. The second-order valence-electron chi connectivity index (χ2n) is 2.50. The van der Waals surface area contributed by atoms with Crippen molar-refractivity contribution in [2.75, 3.05) is 0 Å². The van der Waals surface area contributed by atoms with Crippen LogP contribution >= 0.6 is 27.7 Å². The fourth-order valence-corrected chi connectivity index (χ4v) is 1.99. The summed E-state index contributed by atoms with van der Waals surface area (Å²) in [6.07, 6.45) is 4.85. The van der Waals surface area contributed by atoms with Crippen LogP contribution < -0.4 is 0 Å². The van der Waals surface area contributed by atoms with E-state index in [9.17, 15) is 0 Å². The second-order valence-corrected chi connectivity index (χ2v) is 4.31. The molecule has 0 fully saturated rings. The van der Waals surface area contributed by atoms with Crippen molar-refractivity contribution in [2.24, 2.45) is 7.05 Å². The van der Waals surface area contributed by atoms with Crippen molar-refractivity contribution >= 4 is 27.7 Å². The number of hydrogen-bond acceptors (Lipinski definition) is 5. The van der Waals surface area contributed by atoms with Gasteiger partial charge in [0.2, 0.25) is 0 Å². The number of hydrogen-bond donors (Lipinski definition) is 0. The third-order valence-corrected chi connectivity index (χ3v) is 3.41. The Morgan fingerprint density at radius 1 is 1.50 bits per heavy atom. The molecule has 0 saturated heterocycles. The smallest absolute Gasteiger partial charge is 0.197 e. The van der Waals surface area contributed by atoms with Crippen LogP contribution in [-0.4, -0.2) is 24.7 Å². The summed E-state index contributed by atoms with van der Waals surface area (Å²) in [4.78, 5) is 8.00. The molecule has 0 aromatic carbocycles. The molecule has 0 radical (unpaired) electrons. The van der Waals surface area contributed by atoms with Crippen molar-refractivity contribution in [1.29, 1.82) is 0 Å². The minimum atomic E-state index is 0.796. The van der Waals surface area contributed by atoms with Crippen LogP contribution in [0.5, 0.6) is 0 Å². The molecule has 0 N–H and O–H groups in total. The van der Waals surface area contributed by atoms with Crippen molar-refractivity contribution in [2.45, 2.75) is 10.2 Å². The molecule has 0 aliphatic rings. The number of nitrogens with zero attached hydrogens (tertiary/aromatic N) is 5. The predicted octanol–water partition coefficient (Wildman–Crippen LogP) is 1.52. The molecule has 2 rings (SSSR count). The van der Waals surface area contributed by atoms with Crippen LogP contribution in [0.3, 0.4) is 0 Å². The lowest BCUT2D eigenvalue weighted by molar-refractivity contribution is 0.786. The lowest BCUT2D eigenvalue weighted by atomic mass is 10.7. The largest absolute Gasteiger partial charge is 0.311 e. The Labute approximate surface area is 93.1 Å². The fraction of sp³-hybridized carbons (Fsp3) is 0.143. The van der Waals surface area contributed by atoms with Gasteiger partial charge in [0.25, 0.3) is 0 Å². The minimum absolute atomic E-state index is 0.796. The van der Waals surface area contributed by atoms with E-state index in [1.807, 2.05) is 11.6 Å². The molecule has 14 heavy (non-hydrogen) atoms. The van der Waals surface area contributed by atoms with Gasteiger partial charge in [-0.1, -0.05) is 0 Å². The lowest BCUT2D eigenvalue weighted by Crippen LogP contribution is -1.90. The van der Waals surface area contributed by atoms with Crippen molar-refractivity contribution in [3.8, 4) is 0 Å². The highest BCUT2D eigenvalue weighted by Crippen LogP contribution is 2.28. The maximum absolute atomic E-state index is 4.12. The molecule has 7 heteroatoms. The van der Waals surface area contributed by atoms with Gasteiger partial charge in [-0.3, -0.25) is 0 Å². The highest BCUT2D eigenvalue weighted by molar-refractivity contribution is 9.10. The van der Waals surface area contributed by atoms with Crippen LogP contribution in [-0.2, 0) is 7.05 Å². The summed E-state index contributed by atoms with van der Waals surface area (Å²) in [5.74, 6) is 0. The van der Waals surface area contributed by atoms with Crippen LogP contribution in [0.25, 0.3) is 0 Å². The van der Waals surface area contributed by atoms with Gasteiger partial charge in [-0.05, 0) is 27.7 Å². The highest BCUT2D eigenvalue weighted by atomic mass is 79.9. The SMILES string of the molecule is Cn1cnnc1Sc1ncncc1Br. The van der Waals surface area contributed by atoms with Crippen molar-refractivity contribution in [3.63, 3.8) is 0 Å². The molecule has 0 unspecified atom stereocenters. The zero-order chi connectivity index (χ0) is 9.97. The summed E-state index contributed by atoms with van der Waals surface area (Å²) in [7, 11) is 1.89. The first-order valence-electron chi connectivity index (χ1n) is 3.74. The molecule has 5 nitrogen and oxygen atoms in total. The summed E-state index contributed by atoms with van der Waals surface area (Å²) < 4.78 is 2.69. The first kappa shape index (κ1) is 9.60. The Morgan fingerprint density at radius 3 is 3.00 bits per heavy atom. The van der Waals surface area contributed by atoms with E-state index < -0.39 is 0 Å². The van der Waals surface area contributed by atoms with Gasteiger partial charge in [0, 0.05) is 13.2 Å². The average Bonchev–Trinajstić information content (AvgIpc) is 2.56. The number of rotatable bonds is 2. The molecule has 2 aromatic heterocycles. The molecule has 0 spiro atoms. The highest BCUT2D eigenvalue weighted by Gasteiger charge is 2.07. The third-order valence-electron chi connectivity index (χ3n) is 1.49. The van der Waals surface area contributed by atoms with Gasteiger partial charge in [-0.2, -0.15) is 0 Å². The maximum Gasteiger partial charge on any atom is 0.197 e. The van der Waals surface area contributed by atoms with Crippen molar-refractivity contribution in [1.82, 2.24) is 24.7 Å². The lowest BCUT2D eigenvalue weighted by Gasteiger charge is -2.00. The number of aryl methyl sites for hydroxylation is 1. The quantitative estimate of drug-likeness (QED) is 0.776. The van der Waals surface area contributed by atoms with Gasteiger partial charge in [0.1, 0.15) is 17.7 Å². The van der Waals surface area contributed by atoms with Gasteiger partial charge in [-0.25, -0.2) is 9.97 Å². The number of halogens is 1. The molecule has 2 heterocycles. The van der Waals surface area contributed by atoms with Crippen molar-refractivity contribution < 1.29 is 0 Å². The predicted molar refractivity (Wildman–Crippen MR) is 54.9 cm³/mol. The zero-order valence-electron chi connectivity index (χ0n) is 7.25. The van der Waals surface area contributed by atoms with E-state index in [0.717, 1.165) is 14.7 Å². The van der Waals surface area contributed by atoms with Gasteiger partial charge < -0.3 is 4.57 Å². The summed E-state index contributed by atoms with van der Waals surface area (Å²) in [5, 5.41) is 9.35. The zero-order valence-corrected chi connectivity index (χ0v) is 9.66. The summed E-state index contributed by atoms with van der Waals surface area (Å²) in [6, 6.07) is 0. The molecule has 0 bridgehead atoms. The molecule has 0 atom stereocenters. The first-order chi connectivity index (χ1) is 6.77. The van der Waals surface area contributed by atoms with E-state index >= 15 is 0 Å². The van der Waals surface area contributed by atoms with Crippen LogP contribution in [0.2, 0.25) is 0 Å². The molecule has 0 aliphatic heterocycles. The maximum atomic E-state index is 4.12. The van der Waals surface area contributed by atoms with Gasteiger partial charge >= 0.3 is 0 Å². The standard InChI is InChI=1S/C7H6BrN5S/c1-13-4-11-12-7(13)14-6-5(8)2-9-3-10-6/h2-4H,1H3. The summed E-state index contributed by atoms with van der Waals surface area (Å²) >= 11 is 4.80. The summed E-state index contributed by atoms with van der Waals surface area (Å²) in [6.45, 7) is 0. The van der Waals surface area contributed by atoms with E-state index in [-0.39, 0.29) is 0 Å². The average molecular weight is 272 g/mol. The normalized spacial score (nSPS) is 10.4. The monoisotopic (exact) mass is 271 g/mol. The van der Waals surface area contributed by atoms with Gasteiger partial charge in [-0.15, -0.1) is 10.2 Å². The topological polar surface area (TPSA) is 56.5 Å². The Morgan fingerprint density at radius 2 is 2.36 bits per heavy atom. The molecule has 0 aliphatic carbocycles. The Kier molecular flexibility index (Phi) is 2.78. The van der Waals surface area contributed by atoms with Crippen LogP contribution in [0, 0.1) is 0 Å². The first-order valence-corrected chi connectivity index (χ1v) is 5.35. The van der Waals surface area contributed by atoms with Gasteiger partial charge in [0.15, 0.2) is 5.16 Å². The Balaban J connectivity index is 2.28. The Bertz CT molecular complexity index is 443. The summed E-state index contributed by atoms with van der Waals surface area (Å²) in [5.41, 5.74) is 0. The van der Waals surface area contributed by atoms with E-state index in [1.165, 1.54) is 18.1 Å². The minimum Gasteiger partial charge on any atom is -0.311 e. The van der Waals surface area contributed by atoms with E-state index in [2.05, 4.69) is 36.1 Å². The Hall–Kier alpha value is -0.950. The van der Waals surface area contributed by atoms with Crippen LogP contribution in [0.1, 0.15) is 0 Å². The van der Waals surface area contributed by atoms with E-state index in [4.69, 9.17) is 0 Å². The fourth-order valence-electron chi connectivity index (χ4n) is 0.828. The molecular weight excluding hydrogens is 266 g/mol. The van der Waals surface area contributed by atoms with Crippen LogP contribution in [0.15, 0.2) is 33.5 Å². The van der Waals surface area contributed by atoms with Gasteiger partial charge in [0.05, 0.1) is 4.47 Å². The molecule has 72 valence electrons. The van der Waals surface area contributed by atoms with E-state index in [1.54, 1.807) is 12.5 Å².